The van der Waals surface area contributed by atoms with E-state index in [1.165, 1.54) is 12.8 Å². The van der Waals surface area contributed by atoms with E-state index in [9.17, 15) is 9.90 Å². The molecule has 4 rings (SSSR count). The topological polar surface area (TPSA) is 74.5 Å². The minimum Gasteiger partial charge on any atom is -0.507 e. The number of amides is 1. The van der Waals surface area contributed by atoms with Crippen molar-refractivity contribution >= 4 is 5.91 Å². The second-order valence-electron chi connectivity index (χ2n) is 7.62. The number of carbonyl (C=O) groups excluding carboxylic acids is 1. The molecule has 0 saturated carbocycles. The van der Waals surface area contributed by atoms with Gasteiger partial charge in [0, 0.05) is 26.1 Å². The summed E-state index contributed by atoms with van der Waals surface area (Å²) in [7, 11) is 2.03. The molecule has 27 heavy (non-hydrogen) atoms. The fourth-order valence-corrected chi connectivity index (χ4v) is 4.21. The van der Waals surface area contributed by atoms with Crippen molar-refractivity contribution in [1.29, 1.82) is 0 Å². The molecule has 2 fully saturated rings. The van der Waals surface area contributed by atoms with Crippen LogP contribution in [0.4, 0.5) is 0 Å². The first-order valence-corrected chi connectivity index (χ1v) is 9.81. The van der Waals surface area contributed by atoms with E-state index in [1.54, 1.807) is 24.3 Å². The molecule has 1 atom stereocenters. The number of para-hydroxylation sites is 1. The molecular weight excluding hydrogens is 342 g/mol. The first-order valence-electron chi connectivity index (χ1n) is 9.81. The third-order valence-electron chi connectivity index (χ3n) is 5.77. The molecule has 2 aromatic rings. The van der Waals surface area contributed by atoms with E-state index in [-0.39, 0.29) is 17.6 Å². The highest BCUT2D eigenvalue weighted by Gasteiger charge is 2.30. The zero-order valence-electron chi connectivity index (χ0n) is 15.8. The Hall–Kier alpha value is -2.41. The van der Waals surface area contributed by atoms with Crippen molar-refractivity contribution in [3.63, 3.8) is 0 Å². The van der Waals surface area contributed by atoms with Crippen LogP contribution >= 0.6 is 0 Å². The van der Waals surface area contributed by atoms with E-state index in [4.69, 9.17) is 0 Å². The van der Waals surface area contributed by atoms with Gasteiger partial charge in [-0.05, 0) is 50.9 Å². The van der Waals surface area contributed by atoms with Gasteiger partial charge < -0.3 is 14.6 Å². The Bertz CT molecular complexity index is 812. The maximum Gasteiger partial charge on any atom is 0.257 e. The number of nitrogens with zero attached hydrogens (tertiary/aromatic N) is 5. The summed E-state index contributed by atoms with van der Waals surface area (Å²) in [4.78, 5) is 17.1. The zero-order valence-corrected chi connectivity index (χ0v) is 15.8. The summed E-state index contributed by atoms with van der Waals surface area (Å²) in [6.45, 7) is 4.44. The molecular formula is C20H27N5O2. The third-order valence-corrected chi connectivity index (χ3v) is 5.77. The molecule has 7 heteroatoms. The van der Waals surface area contributed by atoms with Crippen LogP contribution in [0.3, 0.4) is 0 Å². The van der Waals surface area contributed by atoms with E-state index in [1.807, 2.05) is 11.9 Å². The maximum absolute atomic E-state index is 12.8. The minimum atomic E-state index is -0.114. The lowest BCUT2D eigenvalue weighted by Crippen LogP contribution is -2.39. The molecule has 1 aromatic heterocycles. The summed E-state index contributed by atoms with van der Waals surface area (Å²) in [5, 5.41) is 18.9. The fourth-order valence-electron chi connectivity index (χ4n) is 4.21. The number of piperidine rings is 1. The summed E-state index contributed by atoms with van der Waals surface area (Å²) in [6.07, 6.45) is 4.45. The summed E-state index contributed by atoms with van der Waals surface area (Å²) in [5.41, 5.74) is 0.367. The summed E-state index contributed by atoms with van der Waals surface area (Å²) in [6, 6.07) is 6.74. The number of phenolic OH excluding ortho intramolecular Hbond substituents is 1. The summed E-state index contributed by atoms with van der Waals surface area (Å²) < 4.78 is 2.11. The van der Waals surface area contributed by atoms with Crippen LogP contribution in [0.2, 0.25) is 0 Å². The Morgan fingerprint density at radius 2 is 1.93 bits per heavy atom. The monoisotopic (exact) mass is 369 g/mol. The van der Waals surface area contributed by atoms with Crippen molar-refractivity contribution in [1.82, 2.24) is 24.6 Å². The molecule has 0 bridgehead atoms. The predicted molar refractivity (Wildman–Crippen MR) is 101 cm³/mol. The first-order chi connectivity index (χ1) is 13.1. The van der Waals surface area contributed by atoms with Crippen molar-refractivity contribution in [2.24, 2.45) is 7.05 Å². The highest BCUT2D eigenvalue weighted by Crippen LogP contribution is 2.28. The van der Waals surface area contributed by atoms with Gasteiger partial charge in [-0.25, -0.2) is 0 Å². The van der Waals surface area contributed by atoms with Crippen LogP contribution in [-0.4, -0.2) is 61.8 Å². The van der Waals surface area contributed by atoms with Crippen LogP contribution in [0, 0.1) is 0 Å². The molecule has 1 N–H and O–H groups in total. The molecule has 1 aromatic carbocycles. The van der Waals surface area contributed by atoms with Crippen molar-refractivity contribution in [3.8, 4) is 5.75 Å². The molecule has 3 heterocycles. The molecule has 2 saturated heterocycles. The van der Waals surface area contributed by atoms with Gasteiger partial charge in [-0.2, -0.15) is 0 Å². The van der Waals surface area contributed by atoms with Gasteiger partial charge in [0.2, 0.25) is 0 Å². The average Bonchev–Trinajstić information content (AvgIpc) is 3.32. The van der Waals surface area contributed by atoms with Crippen LogP contribution in [-0.2, 0) is 13.6 Å². The fraction of sp³-hybridized carbons (Fsp3) is 0.550. The normalized spacial score (nSPS) is 20.9. The predicted octanol–water partition coefficient (Wildman–Crippen LogP) is 2.14. The molecule has 0 radical (unpaired) electrons. The Morgan fingerprint density at radius 3 is 2.70 bits per heavy atom. The number of likely N-dealkylation sites (tertiary alicyclic amines) is 2. The Morgan fingerprint density at radius 1 is 1.15 bits per heavy atom. The van der Waals surface area contributed by atoms with Crippen LogP contribution in [0.15, 0.2) is 24.3 Å². The molecule has 2 aliphatic heterocycles. The molecule has 7 nitrogen and oxygen atoms in total. The standard InChI is InChI=1S/C20H27N5O2/c1-23-18(14-24-10-4-5-11-24)21-22-19(23)15-7-6-12-25(13-15)20(27)16-8-2-3-9-17(16)26/h2-3,8-9,15,26H,4-7,10-14H2,1H3. The summed E-state index contributed by atoms with van der Waals surface area (Å²) in [5.74, 6) is 2.06. The largest absolute Gasteiger partial charge is 0.507 e. The van der Waals surface area contributed by atoms with Gasteiger partial charge in [-0.1, -0.05) is 12.1 Å². The number of carbonyl (C=O) groups is 1. The zero-order chi connectivity index (χ0) is 18.8. The lowest BCUT2D eigenvalue weighted by molar-refractivity contribution is 0.0700. The van der Waals surface area contributed by atoms with Crippen LogP contribution in [0.5, 0.6) is 5.75 Å². The molecule has 1 amide bonds. The third kappa shape index (κ3) is 3.69. The van der Waals surface area contributed by atoms with Gasteiger partial charge in [0.1, 0.15) is 17.4 Å². The van der Waals surface area contributed by atoms with Crippen LogP contribution in [0.25, 0.3) is 0 Å². The quantitative estimate of drug-likeness (QED) is 0.894. The van der Waals surface area contributed by atoms with Crippen LogP contribution in [0.1, 0.15) is 53.6 Å². The molecule has 144 valence electrons. The van der Waals surface area contributed by atoms with Crippen molar-refractivity contribution in [3.05, 3.63) is 41.5 Å². The highest BCUT2D eigenvalue weighted by atomic mass is 16.3. The SMILES string of the molecule is Cn1c(CN2CCCC2)nnc1C1CCCN(C(=O)c2ccccc2O)C1. The van der Waals surface area contributed by atoms with Crippen molar-refractivity contribution in [2.75, 3.05) is 26.2 Å². The molecule has 0 spiro atoms. The number of hydrogen-bond donors (Lipinski definition) is 1. The number of hydrogen-bond acceptors (Lipinski definition) is 5. The lowest BCUT2D eigenvalue weighted by Gasteiger charge is -2.32. The lowest BCUT2D eigenvalue weighted by atomic mass is 9.96. The van der Waals surface area contributed by atoms with Gasteiger partial charge in [0.25, 0.3) is 5.91 Å². The Balaban J connectivity index is 1.47. The molecule has 1 unspecified atom stereocenters. The van der Waals surface area contributed by atoms with Crippen molar-refractivity contribution < 1.29 is 9.90 Å². The van der Waals surface area contributed by atoms with Gasteiger partial charge in [0.05, 0.1) is 12.1 Å². The smallest absolute Gasteiger partial charge is 0.257 e. The van der Waals surface area contributed by atoms with Crippen LogP contribution < -0.4 is 0 Å². The minimum absolute atomic E-state index is 0.0381. The number of rotatable bonds is 4. The van der Waals surface area contributed by atoms with E-state index in [2.05, 4.69) is 19.7 Å². The van der Waals surface area contributed by atoms with Gasteiger partial charge >= 0.3 is 0 Å². The van der Waals surface area contributed by atoms with Gasteiger partial charge in [-0.15, -0.1) is 10.2 Å². The Kier molecular flexibility index (Phi) is 5.11. The highest BCUT2D eigenvalue weighted by molar-refractivity contribution is 5.96. The van der Waals surface area contributed by atoms with E-state index in [0.29, 0.717) is 18.7 Å². The number of aromatic nitrogens is 3. The molecule has 2 aliphatic rings. The second kappa shape index (κ2) is 7.68. The first kappa shape index (κ1) is 18.0. The number of benzene rings is 1. The molecule has 0 aliphatic carbocycles. The van der Waals surface area contributed by atoms with E-state index in [0.717, 1.165) is 44.1 Å². The maximum atomic E-state index is 12.8. The Labute approximate surface area is 159 Å². The number of aromatic hydroxyl groups is 1. The van der Waals surface area contributed by atoms with Gasteiger partial charge in [0.15, 0.2) is 0 Å². The number of phenols is 1. The van der Waals surface area contributed by atoms with Crippen molar-refractivity contribution in [2.45, 2.75) is 38.1 Å². The average molecular weight is 369 g/mol. The second-order valence-corrected chi connectivity index (χ2v) is 7.62. The van der Waals surface area contributed by atoms with Gasteiger partial charge in [-0.3, -0.25) is 9.69 Å². The summed E-state index contributed by atoms with van der Waals surface area (Å²) >= 11 is 0. The van der Waals surface area contributed by atoms with E-state index < -0.39 is 0 Å². The van der Waals surface area contributed by atoms with E-state index >= 15 is 0 Å².